The zero-order valence-corrected chi connectivity index (χ0v) is 23.1. The summed E-state index contributed by atoms with van der Waals surface area (Å²) >= 11 is 0. The van der Waals surface area contributed by atoms with Gasteiger partial charge in [0.15, 0.2) is 6.10 Å². The summed E-state index contributed by atoms with van der Waals surface area (Å²) in [5.74, 6) is -1.17. The minimum absolute atomic E-state index is 0.0298. The van der Waals surface area contributed by atoms with Gasteiger partial charge in [-0.15, -0.1) is 0 Å². The Labute approximate surface area is 229 Å². The van der Waals surface area contributed by atoms with Crippen molar-refractivity contribution in [2.75, 3.05) is 26.2 Å². The second-order valence-corrected chi connectivity index (χ2v) is 12.5. The number of piperidine rings is 1. The molecule has 4 saturated heterocycles. The first kappa shape index (κ1) is 28.7. The maximum Gasteiger partial charge on any atom is 0.252 e. The summed E-state index contributed by atoms with van der Waals surface area (Å²) in [5.41, 5.74) is -0.884. The van der Waals surface area contributed by atoms with Gasteiger partial charge in [-0.05, 0) is 46.0 Å². The molecule has 4 aliphatic heterocycles. The number of aliphatic hydroxyl groups is 3. The number of amides is 3. The van der Waals surface area contributed by atoms with E-state index in [9.17, 15) is 29.7 Å². The predicted molar refractivity (Wildman–Crippen MR) is 140 cm³/mol. The van der Waals surface area contributed by atoms with Crippen molar-refractivity contribution in [2.24, 2.45) is 0 Å². The number of likely N-dealkylation sites (tertiary alicyclic amines) is 1. The number of rotatable bonds is 3. The molecule has 12 heteroatoms. The highest BCUT2D eigenvalue weighted by atomic mass is 16.5. The maximum absolute atomic E-state index is 13.9. The standard InChI is InChI=1S/C27H45N5O7/c1-15(2)31-11-8-27(9-12-31)13-19(33)32-10-7-17(29-16-5-3-4-6-16)20(32)25(37)28-14-18-21(34)22(35)23(36)24(39-18)26(38)30-27/h15-18,20-24,29,34-36H,3-14H2,1-2H3,(H,28,37)(H,30,38)/t17-,18+,20+,21+,22-,23-,24+/m1/s1. The van der Waals surface area contributed by atoms with E-state index in [1.54, 1.807) is 4.90 Å². The van der Waals surface area contributed by atoms with Gasteiger partial charge in [-0.1, -0.05) is 12.8 Å². The van der Waals surface area contributed by atoms with Crippen LogP contribution in [0.3, 0.4) is 0 Å². The van der Waals surface area contributed by atoms with Crippen LogP contribution in [-0.4, -0.2) is 129 Å². The highest BCUT2D eigenvalue weighted by molar-refractivity contribution is 5.90. The molecule has 0 aromatic heterocycles. The lowest BCUT2D eigenvalue weighted by atomic mass is 9.82. The summed E-state index contributed by atoms with van der Waals surface area (Å²) in [4.78, 5) is 45.0. The topological polar surface area (TPSA) is 164 Å². The highest BCUT2D eigenvalue weighted by Crippen LogP contribution is 2.32. The molecule has 1 saturated carbocycles. The predicted octanol–water partition coefficient (Wildman–Crippen LogP) is -1.78. The fraction of sp³-hybridized carbons (Fsp3) is 0.889. The van der Waals surface area contributed by atoms with E-state index < -0.39 is 48.0 Å². The lowest BCUT2D eigenvalue weighted by Crippen LogP contribution is -2.66. The van der Waals surface area contributed by atoms with Crippen LogP contribution in [0, 0.1) is 0 Å². The van der Waals surface area contributed by atoms with Gasteiger partial charge in [0, 0.05) is 44.3 Å². The number of nitrogens with one attached hydrogen (secondary N) is 3. The fourth-order valence-electron chi connectivity index (χ4n) is 7.15. The van der Waals surface area contributed by atoms with Gasteiger partial charge in [0.1, 0.15) is 30.5 Å². The first-order valence-corrected chi connectivity index (χ1v) is 14.7. The molecule has 5 rings (SSSR count). The summed E-state index contributed by atoms with van der Waals surface area (Å²) < 4.78 is 5.81. The van der Waals surface area contributed by atoms with Crippen molar-refractivity contribution in [2.45, 2.75) is 125 Å². The van der Waals surface area contributed by atoms with Gasteiger partial charge in [0.05, 0.1) is 12.0 Å². The van der Waals surface area contributed by atoms with E-state index in [4.69, 9.17) is 4.74 Å². The van der Waals surface area contributed by atoms with Gasteiger partial charge in [-0.2, -0.15) is 0 Å². The van der Waals surface area contributed by atoms with E-state index in [1.165, 1.54) is 0 Å². The van der Waals surface area contributed by atoms with Crippen molar-refractivity contribution >= 4 is 17.7 Å². The van der Waals surface area contributed by atoms with Crippen LogP contribution in [0.5, 0.6) is 0 Å². The molecule has 0 unspecified atom stereocenters. The quantitative estimate of drug-likeness (QED) is 0.238. The first-order valence-electron chi connectivity index (χ1n) is 14.7. The van der Waals surface area contributed by atoms with E-state index in [1.807, 2.05) is 0 Å². The minimum atomic E-state index is -1.65. The van der Waals surface area contributed by atoms with Gasteiger partial charge in [-0.3, -0.25) is 14.4 Å². The van der Waals surface area contributed by atoms with Crippen molar-refractivity contribution in [3.05, 3.63) is 0 Å². The maximum atomic E-state index is 13.9. The summed E-state index contributed by atoms with van der Waals surface area (Å²) in [5, 5.41) is 41.2. The first-order chi connectivity index (χ1) is 18.6. The Balaban J connectivity index is 1.45. The van der Waals surface area contributed by atoms with Crippen LogP contribution in [0.25, 0.3) is 0 Å². The third-order valence-corrected chi connectivity index (χ3v) is 9.60. The molecule has 12 nitrogen and oxygen atoms in total. The highest BCUT2D eigenvalue weighted by Gasteiger charge is 2.51. The Kier molecular flexibility index (Phi) is 8.52. The molecule has 1 aliphatic carbocycles. The fourth-order valence-corrected chi connectivity index (χ4v) is 7.15. The monoisotopic (exact) mass is 551 g/mol. The van der Waals surface area contributed by atoms with Crippen LogP contribution in [-0.2, 0) is 19.1 Å². The Hall–Kier alpha value is -1.83. The summed E-state index contributed by atoms with van der Waals surface area (Å²) in [7, 11) is 0. The molecule has 0 radical (unpaired) electrons. The Morgan fingerprint density at radius 1 is 0.949 bits per heavy atom. The van der Waals surface area contributed by atoms with Crippen molar-refractivity contribution < 1.29 is 34.4 Å². The van der Waals surface area contributed by atoms with Gasteiger partial charge < -0.3 is 45.8 Å². The molecule has 39 heavy (non-hydrogen) atoms. The molecule has 3 amide bonds. The number of carbonyl (C=O) groups is 3. The lowest BCUT2D eigenvalue weighted by molar-refractivity contribution is -0.220. The average Bonchev–Trinajstić information content (AvgIpc) is 3.57. The Morgan fingerprint density at radius 2 is 1.64 bits per heavy atom. The van der Waals surface area contributed by atoms with E-state index >= 15 is 0 Å². The second kappa shape index (κ2) is 11.6. The zero-order chi connectivity index (χ0) is 27.9. The van der Waals surface area contributed by atoms with Crippen LogP contribution in [0.2, 0.25) is 0 Å². The van der Waals surface area contributed by atoms with E-state index in [0.717, 1.165) is 25.7 Å². The van der Waals surface area contributed by atoms with Gasteiger partial charge in [-0.25, -0.2) is 0 Å². The third-order valence-electron chi connectivity index (χ3n) is 9.60. The van der Waals surface area contributed by atoms with Gasteiger partial charge >= 0.3 is 0 Å². The van der Waals surface area contributed by atoms with Gasteiger partial charge in [0.25, 0.3) is 5.91 Å². The van der Waals surface area contributed by atoms with Crippen LogP contribution in [0.1, 0.15) is 65.2 Å². The number of hydrogen-bond acceptors (Lipinski definition) is 9. The van der Waals surface area contributed by atoms with Gasteiger partial charge in [0.2, 0.25) is 11.8 Å². The molecule has 220 valence electrons. The van der Waals surface area contributed by atoms with Crippen molar-refractivity contribution in [3.8, 4) is 0 Å². The van der Waals surface area contributed by atoms with E-state index in [-0.39, 0.29) is 30.8 Å². The Morgan fingerprint density at radius 3 is 2.31 bits per heavy atom. The van der Waals surface area contributed by atoms with Crippen molar-refractivity contribution in [1.29, 1.82) is 0 Å². The Bertz CT molecular complexity index is 920. The van der Waals surface area contributed by atoms with Crippen LogP contribution in [0.4, 0.5) is 0 Å². The smallest absolute Gasteiger partial charge is 0.252 e. The van der Waals surface area contributed by atoms with E-state index in [2.05, 4.69) is 34.7 Å². The molecule has 0 aromatic carbocycles. The zero-order valence-electron chi connectivity index (χ0n) is 23.1. The molecule has 1 spiro atoms. The number of fused-ring (bicyclic) bond motifs is 3. The molecule has 2 bridgehead atoms. The molecule has 5 aliphatic rings. The van der Waals surface area contributed by atoms with Crippen LogP contribution in [0.15, 0.2) is 0 Å². The molecule has 7 atom stereocenters. The molecule has 5 fully saturated rings. The number of aliphatic hydroxyl groups excluding tert-OH is 3. The van der Waals surface area contributed by atoms with Crippen LogP contribution < -0.4 is 16.0 Å². The van der Waals surface area contributed by atoms with Crippen molar-refractivity contribution in [3.63, 3.8) is 0 Å². The summed E-state index contributed by atoms with van der Waals surface area (Å²) in [6, 6.07) is -0.296. The normalized spacial score (nSPS) is 38.7. The lowest BCUT2D eigenvalue weighted by Gasteiger charge is -2.45. The molecule has 6 N–H and O–H groups in total. The number of nitrogens with zero attached hydrogens (tertiary/aromatic N) is 2. The molecule has 0 aromatic rings. The van der Waals surface area contributed by atoms with Crippen LogP contribution >= 0.6 is 0 Å². The summed E-state index contributed by atoms with van der Waals surface area (Å²) in [6.45, 7) is 5.84. The average molecular weight is 552 g/mol. The second-order valence-electron chi connectivity index (χ2n) is 12.5. The minimum Gasteiger partial charge on any atom is -0.388 e. The SMILES string of the molecule is CC(C)N1CCC2(CC1)CC(=O)N1CC[C@@H](NC3CCCC3)[C@H]1C(=O)NC[C@@H]1O[C@H](C(=O)N2)[C@H](O)[C@H](O)[C@H]1O. The largest absolute Gasteiger partial charge is 0.388 e. The third kappa shape index (κ3) is 5.82. The molecular weight excluding hydrogens is 506 g/mol. The molecular formula is C27H45N5O7. The number of hydrogen-bond donors (Lipinski definition) is 6. The number of carbonyl (C=O) groups excluding carboxylic acids is 3. The van der Waals surface area contributed by atoms with Crippen molar-refractivity contribution in [1.82, 2.24) is 25.8 Å². The van der Waals surface area contributed by atoms with E-state index in [0.29, 0.717) is 51.0 Å². The molecule has 4 heterocycles. The summed E-state index contributed by atoms with van der Waals surface area (Å²) in [6.07, 6.45) is -1.21. The number of ether oxygens (including phenoxy) is 1.